The van der Waals surface area contributed by atoms with E-state index in [1.807, 2.05) is 0 Å². The van der Waals surface area contributed by atoms with Crippen LogP contribution in [0, 0.1) is 17.0 Å². The molecule has 0 aliphatic rings. The molecule has 0 saturated heterocycles. The van der Waals surface area contributed by atoms with E-state index in [-0.39, 0.29) is 11.6 Å². The highest BCUT2D eigenvalue weighted by molar-refractivity contribution is 9.09. The maximum Gasteiger partial charge on any atom is 0.272 e. The number of carbonyl (C=O) groups excluding carboxylic acids is 1. The van der Waals surface area contributed by atoms with Crippen molar-refractivity contribution in [2.24, 2.45) is 0 Å². The smallest absolute Gasteiger partial charge is 0.272 e. The van der Waals surface area contributed by atoms with Gasteiger partial charge in [0.05, 0.1) is 11.5 Å². The molecule has 0 radical (unpaired) electrons. The zero-order valence-corrected chi connectivity index (χ0v) is 13.1. The molecule has 0 spiro atoms. The number of amides is 1. The van der Waals surface area contributed by atoms with Crippen molar-refractivity contribution >= 4 is 27.5 Å². The number of ether oxygens (including phenoxy) is 1. The van der Waals surface area contributed by atoms with Crippen LogP contribution in [0.3, 0.4) is 0 Å². The second kappa shape index (κ2) is 7.96. The van der Waals surface area contributed by atoms with Crippen molar-refractivity contribution < 1.29 is 14.5 Å². The summed E-state index contributed by atoms with van der Waals surface area (Å²) in [5.74, 6) is -0.153. The van der Waals surface area contributed by atoms with Crippen LogP contribution in [0.25, 0.3) is 0 Å². The van der Waals surface area contributed by atoms with Crippen LogP contribution < -0.4 is 0 Å². The molecule has 0 atom stereocenters. The van der Waals surface area contributed by atoms with Crippen molar-refractivity contribution in [1.82, 2.24) is 4.90 Å². The van der Waals surface area contributed by atoms with Gasteiger partial charge in [-0.15, -0.1) is 0 Å². The number of nitrogens with zero attached hydrogens (tertiary/aromatic N) is 2. The summed E-state index contributed by atoms with van der Waals surface area (Å²) in [4.78, 5) is 24.3. The largest absolute Gasteiger partial charge is 0.383 e. The highest BCUT2D eigenvalue weighted by atomic mass is 79.9. The average molecular weight is 345 g/mol. The van der Waals surface area contributed by atoms with Crippen molar-refractivity contribution in [1.29, 1.82) is 0 Å². The molecule has 0 N–H and O–H groups in total. The summed E-state index contributed by atoms with van der Waals surface area (Å²) in [7, 11) is 1.58. The predicted molar refractivity (Wildman–Crippen MR) is 79.4 cm³/mol. The highest BCUT2D eigenvalue weighted by Crippen LogP contribution is 2.19. The first-order valence-electron chi connectivity index (χ1n) is 6.10. The minimum absolute atomic E-state index is 0.0190. The molecule has 1 aromatic rings. The molecule has 7 heteroatoms. The van der Waals surface area contributed by atoms with Crippen molar-refractivity contribution in [3.05, 3.63) is 39.4 Å². The summed E-state index contributed by atoms with van der Waals surface area (Å²) in [6.45, 7) is 3.11. The summed E-state index contributed by atoms with van der Waals surface area (Å²) in [5, 5.41) is 11.4. The molecule has 20 heavy (non-hydrogen) atoms. The number of nitro groups is 1. The fourth-order valence-corrected chi connectivity index (χ4v) is 2.22. The lowest BCUT2D eigenvalue weighted by molar-refractivity contribution is -0.385. The number of nitro benzene ring substituents is 1. The Kier molecular flexibility index (Phi) is 6.60. The lowest BCUT2D eigenvalue weighted by Crippen LogP contribution is -2.35. The molecule has 0 aliphatic carbocycles. The van der Waals surface area contributed by atoms with E-state index in [0.717, 1.165) is 0 Å². The van der Waals surface area contributed by atoms with Crippen LogP contribution in [-0.4, -0.2) is 47.9 Å². The van der Waals surface area contributed by atoms with Gasteiger partial charge >= 0.3 is 0 Å². The molecule has 0 heterocycles. The first-order chi connectivity index (χ1) is 9.51. The highest BCUT2D eigenvalue weighted by Gasteiger charge is 2.18. The molecule has 0 aliphatic heterocycles. The van der Waals surface area contributed by atoms with E-state index in [4.69, 9.17) is 4.74 Å². The molecule has 6 nitrogen and oxygen atoms in total. The van der Waals surface area contributed by atoms with Gasteiger partial charge in [-0.1, -0.05) is 15.9 Å². The Labute approximate surface area is 126 Å². The van der Waals surface area contributed by atoms with Gasteiger partial charge in [-0.2, -0.15) is 0 Å². The third-order valence-electron chi connectivity index (χ3n) is 2.85. The predicted octanol–water partition coefficient (Wildman–Crippen LogP) is 2.39. The molecular weight excluding hydrogens is 328 g/mol. The van der Waals surface area contributed by atoms with Crippen LogP contribution in [0.4, 0.5) is 5.69 Å². The van der Waals surface area contributed by atoms with Gasteiger partial charge in [-0.3, -0.25) is 14.9 Å². The monoisotopic (exact) mass is 344 g/mol. The second-order valence-corrected chi connectivity index (χ2v) is 5.03. The molecule has 1 amide bonds. The number of aryl methyl sites for hydroxylation is 1. The Morgan fingerprint density at radius 3 is 2.65 bits per heavy atom. The molecule has 0 unspecified atom stereocenters. The van der Waals surface area contributed by atoms with Crippen LogP contribution in [0.2, 0.25) is 0 Å². The molecule has 1 rings (SSSR count). The normalized spacial score (nSPS) is 10.3. The van der Waals surface area contributed by atoms with Crippen molar-refractivity contribution in [3.8, 4) is 0 Å². The van der Waals surface area contributed by atoms with Crippen LogP contribution in [0.1, 0.15) is 15.9 Å². The van der Waals surface area contributed by atoms with Gasteiger partial charge in [0.25, 0.3) is 11.6 Å². The quantitative estimate of drug-likeness (QED) is 0.432. The minimum Gasteiger partial charge on any atom is -0.383 e. The zero-order valence-electron chi connectivity index (χ0n) is 11.5. The lowest BCUT2D eigenvalue weighted by Gasteiger charge is -2.21. The van der Waals surface area contributed by atoms with Crippen LogP contribution in [0.5, 0.6) is 0 Å². The van der Waals surface area contributed by atoms with E-state index in [1.165, 1.54) is 12.1 Å². The van der Waals surface area contributed by atoms with E-state index >= 15 is 0 Å². The lowest BCUT2D eigenvalue weighted by atomic mass is 10.1. The Morgan fingerprint density at radius 2 is 2.15 bits per heavy atom. The number of benzene rings is 1. The third-order valence-corrected chi connectivity index (χ3v) is 3.20. The molecule has 0 saturated carbocycles. The zero-order chi connectivity index (χ0) is 15.1. The SMILES string of the molecule is COCCN(CCBr)C(=O)c1ccc([N+](=O)[O-])c(C)c1. The minimum atomic E-state index is -0.454. The summed E-state index contributed by atoms with van der Waals surface area (Å²) >= 11 is 3.30. The fourth-order valence-electron chi connectivity index (χ4n) is 1.79. The summed E-state index contributed by atoms with van der Waals surface area (Å²) < 4.78 is 4.98. The summed E-state index contributed by atoms with van der Waals surface area (Å²) in [6, 6.07) is 4.40. The van der Waals surface area contributed by atoms with E-state index in [2.05, 4.69) is 15.9 Å². The molecule has 0 bridgehead atoms. The Bertz CT molecular complexity index is 493. The molecule has 110 valence electrons. The maximum absolute atomic E-state index is 12.4. The topological polar surface area (TPSA) is 72.7 Å². The number of alkyl halides is 1. The van der Waals surface area contributed by atoms with Crippen molar-refractivity contribution in [2.45, 2.75) is 6.92 Å². The molecule has 0 fully saturated rings. The number of halogens is 1. The Balaban J connectivity index is 2.94. The van der Waals surface area contributed by atoms with Crippen molar-refractivity contribution in [2.75, 3.05) is 32.1 Å². The van der Waals surface area contributed by atoms with Gasteiger partial charge in [0.1, 0.15) is 0 Å². The van der Waals surface area contributed by atoms with Crippen molar-refractivity contribution in [3.63, 3.8) is 0 Å². The first kappa shape index (κ1) is 16.6. The van der Waals surface area contributed by atoms with E-state index in [1.54, 1.807) is 25.0 Å². The van der Waals surface area contributed by atoms with Crippen LogP contribution in [0.15, 0.2) is 18.2 Å². The number of hydrogen-bond donors (Lipinski definition) is 0. The molecular formula is C13H17BrN2O4. The van der Waals surface area contributed by atoms with Crippen LogP contribution >= 0.6 is 15.9 Å². The maximum atomic E-state index is 12.4. The van der Waals surface area contributed by atoms with Gasteiger partial charge in [0.2, 0.25) is 0 Å². The van der Waals surface area contributed by atoms with E-state index in [9.17, 15) is 14.9 Å². The van der Waals surface area contributed by atoms with E-state index < -0.39 is 4.92 Å². The van der Waals surface area contributed by atoms with E-state index in [0.29, 0.717) is 36.2 Å². The van der Waals surface area contributed by atoms with Gasteiger partial charge in [0, 0.05) is 42.7 Å². The van der Waals surface area contributed by atoms with Gasteiger partial charge in [-0.25, -0.2) is 0 Å². The summed E-state index contributed by atoms with van der Waals surface area (Å²) in [6.07, 6.45) is 0. The summed E-state index contributed by atoms with van der Waals surface area (Å²) in [5.41, 5.74) is 0.946. The third kappa shape index (κ3) is 4.28. The van der Waals surface area contributed by atoms with Gasteiger partial charge < -0.3 is 9.64 Å². The van der Waals surface area contributed by atoms with Gasteiger partial charge in [0.15, 0.2) is 0 Å². The molecule has 0 aromatic heterocycles. The van der Waals surface area contributed by atoms with Gasteiger partial charge in [-0.05, 0) is 19.1 Å². The Morgan fingerprint density at radius 1 is 1.45 bits per heavy atom. The number of rotatable bonds is 7. The number of hydrogen-bond acceptors (Lipinski definition) is 4. The Hall–Kier alpha value is -1.47. The second-order valence-electron chi connectivity index (χ2n) is 4.23. The first-order valence-corrected chi connectivity index (χ1v) is 7.22. The number of methoxy groups -OCH3 is 1. The standard InChI is InChI=1S/C13H17BrN2O4/c1-10-9-11(3-4-12(10)16(18)19)13(17)15(6-5-14)7-8-20-2/h3-4,9H,5-8H2,1-2H3. The average Bonchev–Trinajstić information content (AvgIpc) is 2.42. The van der Waals surface area contributed by atoms with Crippen LogP contribution in [-0.2, 0) is 4.74 Å². The number of carbonyl (C=O) groups is 1. The molecule has 1 aromatic carbocycles. The fraction of sp³-hybridized carbons (Fsp3) is 0.462.